The number of rotatable bonds is 4. The summed E-state index contributed by atoms with van der Waals surface area (Å²) in [6.45, 7) is 0. The summed E-state index contributed by atoms with van der Waals surface area (Å²) in [7, 11) is 0. The Bertz CT molecular complexity index is 2800. The summed E-state index contributed by atoms with van der Waals surface area (Å²) in [6, 6.07) is 67.0. The third kappa shape index (κ3) is 4.24. The van der Waals surface area contributed by atoms with E-state index in [0.717, 1.165) is 0 Å². The maximum atomic E-state index is 2.35. The first-order valence-corrected chi connectivity index (χ1v) is 16.7. The molecule has 10 aromatic carbocycles. The summed E-state index contributed by atoms with van der Waals surface area (Å²) in [4.78, 5) is 0. The van der Waals surface area contributed by atoms with Crippen LogP contribution in [-0.4, -0.2) is 0 Å². The van der Waals surface area contributed by atoms with E-state index in [1.165, 1.54) is 98.4 Å². The van der Waals surface area contributed by atoms with E-state index in [1.54, 1.807) is 0 Å². The van der Waals surface area contributed by atoms with Gasteiger partial charge in [-0.15, -0.1) is 0 Å². The lowest BCUT2D eigenvalue weighted by molar-refractivity contribution is 1.63. The van der Waals surface area contributed by atoms with Crippen molar-refractivity contribution in [1.82, 2.24) is 0 Å². The Balaban J connectivity index is 1.09. The van der Waals surface area contributed by atoms with E-state index in [9.17, 15) is 0 Å². The van der Waals surface area contributed by atoms with E-state index in [1.807, 2.05) is 0 Å². The van der Waals surface area contributed by atoms with Crippen LogP contribution in [0.2, 0.25) is 0 Å². The van der Waals surface area contributed by atoms with E-state index in [-0.39, 0.29) is 0 Å². The van der Waals surface area contributed by atoms with E-state index >= 15 is 0 Å². The van der Waals surface area contributed by atoms with Gasteiger partial charge in [-0.05, 0) is 111 Å². The molecule has 0 heteroatoms. The molecule has 0 aromatic heterocycles. The first kappa shape index (κ1) is 26.9. The molecule has 0 atom stereocenters. The lowest BCUT2D eigenvalue weighted by Gasteiger charge is -2.17. The van der Waals surface area contributed by atoms with Gasteiger partial charge < -0.3 is 0 Å². The molecule has 0 aliphatic carbocycles. The molecule has 0 fully saturated rings. The number of fused-ring (bicyclic) bond motifs is 2. The molecule has 10 aromatic rings. The maximum Gasteiger partial charge on any atom is -0.00203 e. The Morgan fingerprint density at radius 3 is 1.38 bits per heavy atom. The van der Waals surface area contributed by atoms with Crippen LogP contribution >= 0.6 is 0 Å². The van der Waals surface area contributed by atoms with Crippen molar-refractivity contribution in [2.45, 2.75) is 0 Å². The van der Waals surface area contributed by atoms with Gasteiger partial charge in [0.2, 0.25) is 0 Å². The highest BCUT2D eigenvalue weighted by Crippen LogP contribution is 2.43. The van der Waals surface area contributed by atoms with Gasteiger partial charge in [0.25, 0.3) is 0 Å². The minimum absolute atomic E-state index is 1.24. The molecule has 0 radical (unpaired) electrons. The first-order chi connectivity index (χ1) is 23.8. The smallest absolute Gasteiger partial charge is 0.00203 e. The van der Waals surface area contributed by atoms with Crippen LogP contribution in [-0.2, 0) is 0 Å². The minimum Gasteiger partial charge on any atom is -0.0622 e. The molecular formula is C48H30. The van der Waals surface area contributed by atoms with Crippen molar-refractivity contribution in [2.24, 2.45) is 0 Å². The van der Waals surface area contributed by atoms with Crippen LogP contribution in [0.15, 0.2) is 182 Å². The van der Waals surface area contributed by atoms with Crippen molar-refractivity contribution in [2.75, 3.05) is 0 Å². The van der Waals surface area contributed by atoms with Gasteiger partial charge in [-0.1, -0.05) is 170 Å². The highest BCUT2D eigenvalue weighted by atomic mass is 14.2. The second-order valence-electron chi connectivity index (χ2n) is 12.9. The predicted molar refractivity (Wildman–Crippen MR) is 207 cm³/mol. The zero-order chi connectivity index (χ0) is 31.6. The Kier molecular flexibility index (Phi) is 5.98. The summed E-state index contributed by atoms with van der Waals surface area (Å²) in [5, 5.41) is 12.9. The van der Waals surface area contributed by atoms with Crippen LogP contribution in [0.3, 0.4) is 0 Å². The van der Waals surface area contributed by atoms with Crippen molar-refractivity contribution < 1.29 is 0 Å². The fraction of sp³-hybridized carbons (Fsp3) is 0. The Hall–Kier alpha value is -6.24. The zero-order valence-electron chi connectivity index (χ0n) is 26.3. The Labute approximate surface area is 279 Å². The third-order valence-corrected chi connectivity index (χ3v) is 10.2. The van der Waals surface area contributed by atoms with Crippen LogP contribution in [0.4, 0.5) is 0 Å². The van der Waals surface area contributed by atoms with Gasteiger partial charge in [-0.25, -0.2) is 0 Å². The molecule has 0 N–H and O–H groups in total. The third-order valence-electron chi connectivity index (χ3n) is 10.2. The number of hydrogen-bond acceptors (Lipinski definition) is 0. The molecule has 10 rings (SSSR count). The van der Waals surface area contributed by atoms with Crippen LogP contribution in [0, 0.1) is 0 Å². The first-order valence-electron chi connectivity index (χ1n) is 16.7. The molecule has 0 aliphatic rings. The van der Waals surface area contributed by atoms with Crippen molar-refractivity contribution in [3.05, 3.63) is 182 Å². The van der Waals surface area contributed by atoms with Gasteiger partial charge in [0, 0.05) is 0 Å². The zero-order valence-corrected chi connectivity index (χ0v) is 26.3. The SMILES string of the molecule is c1ccc(-c2ccc3cc(-c4ccc5ccc6c(-c7ccc(-c8cccc9ccccc89)cc7)ccc7ccc4c5c76)ccc3c2)cc1. The molecule has 0 aliphatic heterocycles. The molecular weight excluding hydrogens is 577 g/mol. The Morgan fingerprint density at radius 2 is 0.688 bits per heavy atom. The fourth-order valence-corrected chi connectivity index (χ4v) is 7.83. The molecule has 222 valence electrons. The predicted octanol–water partition coefficient (Wildman–Crippen LogP) is 13.6. The van der Waals surface area contributed by atoms with Crippen LogP contribution < -0.4 is 0 Å². The van der Waals surface area contributed by atoms with E-state index in [4.69, 9.17) is 0 Å². The average molecular weight is 607 g/mol. The molecule has 0 spiro atoms. The van der Waals surface area contributed by atoms with Gasteiger partial charge in [-0.2, -0.15) is 0 Å². The van der Waals surface area contributed by atoms with Gasteiger partial charge in [-0.3, -0.25) is 0 Å². The molecule has 0 nitrogen and oxygen atoms in total. The molecule has 0 unspecified atom stereocenters. The standard InChI is InChI=1S/C48H30/c1-2-7-31(8-3-1)37-17-18-39-30-40(20-19-38(39)29-37)44-26-22-36-23-27-45-43(25-21-35-24-28-46(44)48(36)47(35)45)34-15-13-33(14-16-34)42-12-6-10-32-9-4-5-11-41(32)42/h1-30H. The minimum atomic E-state index is 1.24. The molecule has 0 saturated heterocycles. The van der Waals surface area contributed by atoms with Crippen molar-refractivity contribution in [1.29, 1.82) is 0 Å². The lowest BCUT2D eigenvalue weighted by atomic mass is 9.86. The topological polar surface area (TPSA) is 0 Å². The quantitative estimate of drug-likeness (QED) is 0.175. The highest BCUT2D eigenvalue weighted by Gasteiger charge is 2.15. The van der Waals surface area contributed by atoms with E-state index < -0.39 is 0 Å². The van der Waals surface area contributed by atoms with E-state index in [0.29, 0.717) is 0 Å². The van der Waals surface area contributed by atoms with Crippen molar-refractivity contribution >= 4 is 53.9 Å². The van der Waals surface area contributed by atoms with Gasteiger partial charge in [0.1, 0.15) is 0 Å². The summed E-state index contributed by atoms with van der Waals surface area (Å²) in [5.74, 6) is 0. The van der Waals surface area contributed by atoms with Crippen molar-refractivity contribution in [3.8, 4) is 44.5 Å². The summed E-state index contributed by atoms with van der Waals surface area (Å²) >= 11 is 0. The number of hydrogen-bond donors (Lipinski definition) is 0. The van der Waals surface area contributed by atoms with Crippen LogP contribution in [0.25, 0.3) is 98.4 Å². The second-order valence-corrected chi connectivity index (χ2v) is 12.9. The Morgan fingerprint density at radius 1 is 0.208 bits per heavy atom. The lowest BCUT2D eigenvalue weighted by Crippen LogP contribution is -1.90. The van der Waals surface area contributed by atoms with Gasteiger partial charge in [0.15, 0.2) is 0 Å². The molecule has 0 amide bonds. The molecule has 0 heterocycles. The second kappa shape index (κ2) is 10.7. The van der Waals surface area contributed by atoms with Crippen LogP contribution in [0.5, 0.6) is 0 Å². The summed E-state index contributed by atoms with van der Waals surface area (Å²) in [6.07, 6.45) is 0. The largest absolute Gasteiger partial charge is 0.0622 e. The van der Waals surface area contributed by atoms with Crippen LogP contribution in [0.1, 0.15) is 0 Å². The normalized spacial score (nSPS) is 11.8. The van der Waals surface area contributed by atoms with Crippen molar-refractivity contribution in [3.63, 3.8) is 0 Å². The molecule has 0 bridgehead atoms. The summed E-state index contributed by atoms with van der Waals surface area (Å²) in [5.41, 5.74) is 10.0. The molecule has 48 heavy (non-hydrogen) atoms. The summed E-state index contributed by atoms with van der Waals surface area (Å²) < 4.78 is 0. The molecule has 0 saturated carbocycles. The highest BCUT2D eigenvalue weighted by molar-refractivity contribution is 6.27. The van der Waals surface area contributed by atoms with E-state index in [2.05, 4.69) is 182 Å². The average Bonchev–Trinajstić information content (AvgIpc) is 3.16. The number of benzene rings is 10. The maximum absolute atomic E-state index is 2.35. The van der Waals surface area contributed by atoms with Gasteiger partial charge >= 0.3 is 0 Å². The monoisotopic (exact) mass is 606 g/mol. The fourth-order valence-electron chi connectivity index (χ4n) is 7.83. The van der Waals surface area contributed by atoms with Gasteiger partial charge in [0.05, 0.1) is 0 Å².